The first-order valence-corrected chi connectivity index (χ1v) is 10.3. The molecule has 140 valence electrons. The molecule has 0 atom stereocenters. The quantitative estimate of drug-likeness (QED) is 0.585. The van der Waals surface area contributed by atoms with Crippen molar-refractivity contribution in [1.29, 1.82) is 0 Å². The molecule has 0 saturated heterocycles. The van der Waals surface area contributed by atoms with Crippen LogP contribution in [0.1, 0.15) is 13.8 Å². The van der Waals surface area contributed by atoms with E-state index in [4.69, 9.17) is 9.47 Å². The normalized spacial score (nSPS) is 11.0. The predicted molar refractivity (Wildman–Crippen MR) is 103 cm³/mol. The van der Waals surface area contributed by atoms with Crippen LogP contribution in [0.15, 0.2) is 57.9 Å². The van der Waals surface area contributed by atoms with Crippen molar-refractivity contribution in [2.75, 3.05) is 24.1 Å². The summed E-state index contributed by atoms with van der Waals surface area (Å²) in [5.41, 5.74) is 0.326. The summed E-state index contributed by atoms with van der Waals surface area (Å²) >= 11 is 3.28. The lowest BCUT2D eigenvalue weighted by Crippen LogP contribution is -2.36. The molecule has 0 aliphatic heterocycles. The number of ether oxygens (including phenoxy) is 2. The van der Waals surface area contributed by atoms with Gasteiger partial charge in [-0.3, -0.25) is 9.10 Å². The van der Waals surface area contributed by atoms with Crippen LogP contribution in [-0.4, -0.2) is 34.1 Å². The Labute approximate surface area is 161 Å². The molecule has 6 nitrogen and oxygen atoms in total. The number of hydrogen-bond donors (Lipinski definition) is 0. The van der Waals surface area contributed by atoms with Crippen molar-refractivity contribution in [2.45, 2.75) is 18.7 Å². The molecule has 0 aliphatic carbocycles. The molecule has 2 rings (SSSR count). The van der Waals surface area contributed by atoms with E-state index in [1.54, 1.807) is 43.3 Å². The first kappa shape index (κ1) is 20.3. The highest BCUT2D eigenvalue weighted by molar-refractivity contribution is 9.10. The molecule has 0 amide bonds. The third kappa shape index (κ3) is 4.98. The highest BCUT2D eigenvalue weighted by Gasteiger charge is 2.28. The van der Waals surface area contributed by atoms with E-state index in [-0.39, 0.29) is 11.5 Å². The van der Waals surface area contributed by atoms with Crippen LogP contribution in [0.3, 0.4) is 0 Å². The van der Waals surface area contributed by atoms with Crippen LogP contribution in [0, 0.1) is 0 Å². The SMILES string of the molecule is CCOC(=O)CN(c1cccc(OCC)c1)S(=O)(=O)c1ccc(Br)cc1. The van der Waals surface area contributed by atoms with Gasteiger partial charge < -0.3 is 9.47 Å². The van der Waals surface area contributed by atoms with Crippen molar-refractivity contribution in [3.63, 3.8) is 0 Å². The Morgan fingerprint density at radius 1 is 1.08 bits per heavy atom. The fourth-order valence-corrected chi connectivity index (χ4v) is 3.93. The van der Waals surface area contributed by atoms with Crippen molar-refractivity contribution in [3.05, 3.63) is 53.0 Å². The second-order valence-corrected chi connectivity index (χ2v) is 7.98. The molecular formula is C18H20BrNO5S. The summed E-state index contributed by atoms with van der Waals surface area (Å²) in [4.78, 5) is 12.1. The molecule has 0 saturated carbocycles. The molecule has 0 bridgehead atoms. The van der Waals surface area contributed by atoms with Crippen LogP contribution >= 0.6 is 15.9 Å². The van der Waals surface area contributed by atoms with Crippen LogP contribution in [-0.2, 0) is 19.6 Å². The van der Waals surface area contributed by atoms with Gasteiger partial charge in [0.25, 0.3) is 10.0 Å². The van der Waals surface area contributed by atoms with Gasteiger partial charge >= 0.3 is 5.97 Å². The molecule has 2 aromatic carbocycles. The average molecular weight is 442 g/mol. The predicted octanol–water partition coefficient (Wildman–Crippen LogP) is 3.61. The number of esters is 1. The van der Waals surface area contributed by atoms with E-state index < -0.39 is 22.5 Å². The number of carbonyl (C=O) groups excluding carboxylic acids is 1. The fourth-order valence-electron chi connectivity index (χ4n) is 2.27. The third-order valence-electron chi connectivity index (χ3n) is 3.40. The van der Waals surface area contributed by atoms with Gasteiger partial charge in [-0.2, -0.15) is 0 Å². The van der Waals surface area contributed by atoms with Gasteiger partial charge in [0.05, 0.1) is 23.8 Å². The number of anilines is 1. The molecule has 0 spiro atoms. The number of halogens is 1. The van der Waals surface area contributed by atoms with Crippen molar-refractivity contribution < 1.29 is 22.7 Å². The van der Waals surface area contributed by atoms with Crippen LogP contribution in [0.2, 0.25) is 0 Å². The first-order valence-electron chi connectivity index (χ1n) is 8.05. The van der Waals surface area contributed by atoms with Gasteiger partial charge in [0.1, 0.15) is 12.3 Å². The topological polar surface area (TPSA) is 72.9 Å². The number of hydrogen-bond acceptors (Lipinski definition) is 5. The Morgan fingerprint density at radius 3 is 2.38 bits per heavy atom. The molecule has 0 heterocycles. The molecular weight excluding hydrogens is 422 g/mol. The zero-order chi connectivity index (χ0) is 19.2. The number of nitrogens with zero attached hydrogens (tertiary/aromatic N) is 1. The van der Waals surface area contributed by atoms with Gasteiger partial charge in [-0.25, -0.2) is 8.42 Å². The third-order valence-corrected chi connectivity index (χ3v) is 5.71. The summed E-state index contributed by atoms with van der Waals surface area (Å²) in [6.07, 6.45) is 0. The molecule has 0 unspecified atom stereocenters. The largest absolute Gasteiger partial charge is 0.494 e. The Kier molecular flexibility index (Phi) is 7.05. The van der Waals surface area contributed by atoms with E-state index in [1.165, 1.54) is 12.1 Å². The van der Waals surface area contributed by atoms with E-state index in [0.29, 0.717) is 18.0 Å². The lowest BCUT2D eigenvalue weighted by atomic mass is 10.3. The number of rotatable bonds is 8. The molecule has 8 heteroatoms. The number of benzene rings is 2. The van der Waals surface area contributed by atoms with Crippen LogP contribution in [0.5, 0.6) is 5.75 Å². The lowest BCUT2D eigenvalue weighted by molar-refractivity contribution is -0.141. The Balaban J connectivity index is 2.48. The summed E-state index contributed by atoms with van der Waals surface area (Å²) in [5, 5.41) is 0. The Morgan fingerprint density at radius 2 is 1.77 bits per heavy atom. The maximum absolute atomic E-state index is 13.1. The van der Waals surface area contributed by atoms with E-state index in [1.807, 2.05) is 6.92 Å². The van der Waals surface area contributed by atoms with Crippen LogP contribution in [0.25, 0.3) is 0 Å². The van der Waals surface area contributed by atoms with E-state index >= 15 is 0 Å². The highest BCUT2D eigenvalue weighted by atomic mass is 79.9. The monoisotopic (exact) mass is 441 g/mol. The van der Waals surface area contributed by atoms with Gasteiger partial charge in [-0.1, -0.05) is 22.0 Å². The first-order chi connectivity index (χ1) is 12.4. The molecule has 2 aromatic rings. The summed E-state index contributed by atoms with van der Waals surface area (Å²) in [7, 11) is -3.96. The molecule has 0 aliphatic rings. The van der Waals surface area contributed by atoms with Crippen molar-refractivity contribution in [3.8, 4) is 5.75 Å². The zero-order valence-electron chi connectivity index (χ0n) is 14.5. The van der Waals surface area contributed by atoms with Crippen molar-refractivity contribution >= 4 is 37.6 Å². The summed E-state index contributed by atoms with van der Waals surface area (Å²) in [5.74, 6) is -0.111. The van der Waals surface area contributed by atoms with Crippen molar-refractivity contribution in [1.82, 2.24) is 0 Å². The molecule has 0 aromatic heterocycles. The van der Waals surface area contributed by atoms with Gasteiger partial charge in [-0.15, -0.1) is 0 Å². The number of carbonyl (C=O) groups is 1. The minimum absolute atomic E-state index is 0.0758. The maximum atomic E-state index is 13.1. The summed E-state index contributed by atoms with van der Waals surface area (Å²) in [6.45, 7) is 3.69. The van der Waals surface area contributed by atoms with Crippen molar-refractivity contribution in [2.24, 2.45) is 0 Å². The molecule has 0 fully saturated rings. The summed E-state index contributed by atoms with van der Waals surface area (Å²) in [6, 6.07) is 12.8. The van der Waals surface area contributed by atoms with Crippen LogP contribution in [0.4, 0.5) is 5.69 Å². The lowest BCUT2D eigenvalue weighted by Gasteiger charge is -2.24. The zero-order valence-corrected chi connectivity index (χ0v) is 16.9. The summed E-state index contributed by atoms with van der Waals surface area (Å²) < 4.78 is 38.4. The number of sulfonamides is 1. The van der Waals surface area contributed by atoms with Gasteiger partial charge in [0.2, 0.25) is 0 Å². The smallest absolute Gasteiger partial charge is 0.326 e. The Hall–Kier alpha value is -2.06. The molecule has 0 radical (unpaired) electrons. The Bertz CT molecular complexity index is 852. The molecule has 0 N–H and O–H groups in total. The van der Waals surface area contributed by atoms with Crippen LogP contribution < -0.4 is 9.04 Å². The highest BCUT2D eigenvalue weighted by Crippen LogP contribution is 2.27. The minimum Gasteiger partial charge on any atom is -0.494 e. The van der Waals surface area contributed by atoms with Gasteiger partial charge in [0, 0.05) is 10.5 Å². The minimum atomic E-state index is -3.96. The van der Waals surface area contributed by atoms with E-state index in [9.17, 15) is 13.2 Å². The van der Waals surface area contributed by atoms with Gasteiger partial charge in [-0.05, 0) is 50.2 Å². The standard InChI is InChI=1S/C18H20BrNO5S/c1-3-24-16-7-5-6-15(12-16)20(13-18(21)25-4-2)26(22,23)17-10-8-14(19)9-11-17/h5-12H,3-4,13H2,1-2H3. The maximum Gasteiger partial charge on any atom is 0.326 e. The molecule has 26 heavy (non-hydrogen) atoms. The van der Waals surface area contributed by atoms with E-state index in [2.05, 4.69) is 15.9 Å². The second kappa shape index (κ2) is 9.05. The van der Waals surface area contributed by atoms with Gasteiger partial charge in [0.15, 0.2) is 0 Å². The fraction of sp³-hybridized carbons (Fsp3) is 0.278. The average Bonchev–Trinajstić information content (AvgIpc) is 2.61. The second-order valence-electron chi connectivity index (χ2n) is 5.20. The van der Waals surface area contributed by atoms with E-state index in [0.717, 1.165) is 8.78 Å².